The van der Waals surface area contributed by atoms with Crippen molar-refractivity contribution >= 4 is 142 Å². The predicted octanol–water partition coefficient (Wildman–Crippen LogP) is 6.59. The largest absolute Gasteiger partial charge is 0.480 e. The summed E-state index contributed by atoms with van der Waals surface area (Å²) in [4.78, 5) is 84.7. The van der Waals surface area contributed by atoms with Crippen LogP contribution in [-0.4, -0.2) is 81.7 Å². The summed E-state index contributed by atoms with van der Waals surface area (Å²) < 4.78 is 4.19. The monoisotopic (exact) mass is 1090 g/mol. The highest BCUT2D eigenvalue weighted by atomic mass is 32.2. The minimum absolute atomic E-state index is 0.133. The summed E-state index contributed by atoms with van der Waals surface area (Å²) >= 11 is 15.3. The number of nitrogens with zero attached hydrogens (tertiary/aromatic N) is 5. The van der Waals surface area contributed by atoms with Crippen molar-refractivity contribution in [2.75, 3.05) is 25.0 Å². The lowest BCUT2D eigenvalue weighted by molar-refractivity contribution is -0.138. The van der Waals surface area contributed by atoms with E-state index in [1.54, 1.807) is 6.08 Å². The number of rotatable bonds is 12. The summed E-state index contributed by atoms with van der Waals surface area (Å²) in [5.41, 5.74) is 9.15. The number of aryl methyl sites for hydroxylation is 1. The number of amides is 2. The van der Waals surface area contributed by atoms with Crippen LogP contribution in [0.25, 0.3) is 33.6 Å². The van der Waals surface area contributed by atoms with Gasteiger partial charge in [0, 0.05) is 31.5 Å². The van der Waals surface area contributed by atoms with E-state index < -0.39 is 36.1 Å². The number of thiazole rings is 2. The van der Waals surface area contributed by atoms with Crippen molar-refractivity contribution < 1.29 is 29.4 Å². The van der Waals surface area contributed by atoms with Gasteiger partial charge in [-0.25, -0.2) is 0 Å². The number of carbonyl (C=O) groups is 4. The van der Waals surface area contributed by atoms with Crippen molar-refractivity contribution in [3.8, 4) is 0 Å². The molecule has 2 fully saturated rings. The lowest BCUT2D eigenvalue weighted by atomic mass is 9.86. The van der Waals surface area contributed by atoms with Gasteiger partial charge in [-0.1, -0.05) is 122 Å². The van der Waals surface area contributed by atoms with Crippen LogP contribution in [0.3, 0.4) is 0 Å². The van der Waals surface area contributed by atoms with E-state index in [1.165, 1.54) is 21.1 Å². The number of thioether (sulfide) groups is 2. The molecule has 2 aromatic carbocycles. The van der Waals surface area contributed by atoms with Gasteiger partial charge in [0.05, 0.1) is 9.06 Å². The van der Waals surface area contributed by atoms with E-state index in [-0.39, 0.29) is 36.9 Å². The zero-order chi connectivity index (χ0) is 51.8. The number of anilines is 1. The van der Waals surface area contributed by atoms with Gasteiger partial charge in [-0.2, -0.15) is 0 Å². The van der Waals surface area contributed by atoms with Gasteiger partial charge in [0.25, 0.3) is 22.9 Å². The van der Waals surface area contributed by atoms with Crippen LogP contribution in [0.5, 0.6) is 0 Å². The fraction of sp³-hybridized carbons (Fsp3) is 0.259. The highest BCUT2D eigenvalue weighted by molar-refractivity contribution is 8.30. The first kappa shape index (κ1) is 51.7. The molecule has 2 N–H and O–H groups in total. The Kier molecular flexibility index (Phi) is 15.4. The summed E-state index contributed by atoms with van der Waals surface area (Å²) in [7, 11) is 2.09. The Hall–Kier alpha value is -6.22. The van der Waals surface area contributed by atoms with E-state index in [9.17, 15) is 39.0 Å². The highest BCUT2D eigenvalue weighted by Gasteiger charge is 2.35. The van der Waals surface area contributed by atoms with Gasteiger partial charge in [0.2, 0.25) is 0 Å². The summed E-state index contributed by atoms with van der Waals surface area (Å²) in [5, 5.41) is 19.7. The summed E-state index contributed by atoms with van der Waals surface area (Å²) in [5.74, 6) is -2.96. The number of carboxylic acids is 2. The van der Waals surface area contributed by atoms with Crippen LogP contribution in [0.1, 0.15) is 63.1 Å². The zero-order valence-electron chi connectivity index (χ0n) is 40.2. The van der Waals surface area contributed by atoms with Gasteiger partial charge >= 0.3 is 11.9 Å². The average Bonchev–Trinajstić information content (AvgIpc) is 4.01. The maximum atomic E-state index is 14.1. The molecule has 3 aliphatic heterocycles. The molecule has 73 heavy (non-hydrogen) atoms. The van der Waals surface area contributed by atoms with Crippen LogP contribution >= 0.6 is 70.6 Å². The number of fused-ring (bicyclic) bond motifs is 1. The minimum Gasteiger partial charge on any atom is -0.480 e. The Labute approximate surface area is 447 Å². The molecule has 1 unspecified atom stereocenters. The lowest BCUT2D eigenvalue weighted by Gasteiger charge is -2.28. The summed E-state index contributed by atoms with van der Waals surface area (Å²) in [6.45, 7) is 5.27. The first-order valence-electron chi connectivity index (χ1n) is 23.6. The Morgan fingerprint density at radius 2 is 1.34 bits per heavy atom. The number of allylic oxidation sites excluding steroid dienone is 11. The molecule has 2 aromatic heterocycles. The molecule has 0 spiro atoms. The van der Waals surface area contributed by atoms with E-state index in [4.69, 9.17) is 24.4 Å². The van der Waals surface area contributed by atoms with Gasteiger partial charge < -0.3 is 15.1 Å². The molecule has 2 amide bonds. The average molecular weight is 1090 g/mol. The number of carbonyl (C=O) groups excluding carboxylic acids is 2. The highest BCUT2D eigenvalue weighted by Crippen LogP contribution is 2.39. The molecule has 0 bridgehead atoms. The number of hydrogen-bond donors (Lipinski definition) is 2. The van der Waals surface area contributed by atoms with Crippen molar-refractivity contribution in [3.05, 3.63) is 163 Å². The van der Waals surface area contributed by atoms with Crippen LogP contribution in [0.15, 0.2) is 116 Å². The van der Waals surface area contributed by atoms with E-state index in [2.05, 4.69) is 67.5 Å². The molecule has 2 aliphatic carbocycles. The van der Waals surface area contributed by atoms with Gasteiger partial charge in [-0.3, -0.25) is 47.7 Å². The standard InChI is InChI=1S/C54H49N5O8S6/c1-5-56-49(66)45(72-53(56)68)51-58(28-43(60)61)47(64)41(70-51)26-36(33-13-8-7-9-14-33)24-31-16-20-39-34(22-31)18-19-35-23-32(17-21-40(35)55(39)4)25-37(38-15-11-10-12-30(38)3)27-42-48(65)59(29-44(62)63)52(71-42)46-50(67)57(6-2)54(69)73-46/h7-11,13-15,17,21-27,30H,5-6,12,16,18-20,28-29H2,1-4H3,(H,60,61)(H,62,63)/b36-24+,37-25+,41-26-,42-27-,51-45+,52-46+. The van der Waals surface area contributed by atoms with Crippen molar-refractivity contribution in [2.24, 2.45) is 5.92 Å². The fourth-order valence-electron chi connectivity index (χ4n) is 9.52. The quantitative estimate of drug-likeness (QED) is 0.147. The van der Waals surface area contributed by atoms with Crippen molar-refractivity contribution in [3.63, 3.8) is 0 Å². The Morgan fingerprint density at radius 1 is 0.753 bits per heavy atom. The van der Waals surface area contributed by atoms with Crippen LogP contribution in [0, 0.1) is 5.92 Å². The predicted molar refractivity (Wildman–Crippen MR) is 303 cm³/mol. The molecule has 5 aliphatic rings. The normalized spacial score (nSPS) is 20.5. The molecule has 9 rings (SSSR count). The molecule has 19 heteroatoms. The number of aliphatic carboxylic acids is 2. The number of thiocarbonyl (C=S) groups is 2. The molecule has 2 saturated heterocycles. The smallest absolute Gasteiger partial charge is 0.323 e. The molecule has 0 saturated carbocycles. The summed E-state index contributed by atoms with van der Waals surface area (Å²) in [6.07, 6.45) is 20.0. The molecule has 4 aromatic rings. The van der Waals surface area contributed by atoms with Crippen LogP contribution < -0.4 is 34.4 Å². The number of carboxylic acid groups (broad SMARTS) is 2. The molecule has 0 radical (unpaired) electrons. The first-order chi connectivity index (χ1) is 35.0. The van der Waals surface area contributed by atoms with Crippen LogP contribution in [0.4, 0.5) is 5.69 Å². The molecular formula is C54H49N5O8S6. The Bertz CT molecular complexity index is 3660. The fourth-order valence-corrected chi connectivity index (χ4v) is 14.8. The molecule has 374 valence electrons. The lowest BCUT2D eigenvalue weighted by Crippen LogP contribution is -2.35. The Morgan fingerprint density at radius 3 is 1.89 bits per heavy atom. The van der Waals surface area contributed by atoms with Gasteiger partial charge in [0.15, 0.2) is 0 Å². The van der Waals surface area contributed by atoms with E-state index in [0.717, 1.165) is 132 Å². The number of aromatic nitrogens is 2. The van der Waals surface area contributed by atoms with Crippen LogP contribution in [-0.2, 0) is 38.7 Å². The second-order valence-electron chi connectivity index (χ2n) is 17.8. The van der Waals surface area contributed by atoms with E-state index >= 15 is 0 Å². The summed E-state index contributed by atoms with van der Waals surface area (Å²) in [6, 6.07) is 16.1. The van der Waals surface area contributed by atoms with Gasteiger partial charge in [-0.05, 0) is 127 Å². The minimum atomic E-state index is -1.20. The SMILES string of the molecule is CCN1C(=O)/C(=c2\s/c(=C\C(=C/c3ccc4c(c3)CCC3=C(CCC(/C=C(\C=c5/s/c(=C6/SC(=S)N(CC)C6=O)n(CC(=O)O)c5=O)c5ccccc5)=C3)N4C)C3=CC=CCC3C)c(=O)n2CC(=O)O)SC1=S. The van der Waals surface area contributed by atoms with Crippen LogP contribution in [0.2, 0.25) is 0 Å². The van der Waals surface area contributed by atoms with Crippen molar-refractivity contribution in [1.82, 2.24) is 18.9 Å². The first-order valence-corrected chi connectivity index (χ1v) is 27.7. The Balaban J connectivity index is 1.08. The molecular weight excluding hydrogens is 1040 g/mol. The van der Waals surface area contributed by atoms with Crippen molar-refractivity contribution in [2.45, 2.75) is 66.0 Å². The third-order valence-corrected chi connectivity index (χ3v) is 18.5. The zero-order valence-corrected chi connectivity index (χ0v) is 45.1. The second-order valence-corrected chi connectivity index (χ2v) is 23.1. The second kappa shape index (κ2) is 21.7. The topological polar surface area (TPSA) is 162 Å². The third-order valence-electron chi connectivity index (χ3n) is 13.1. The third kappa shape index (κ3) is 10.5. The molecule has 1 atom stereocenters. The van der Waals surface area contributed by atoms with Crippen molar-refractivity contribution in [1.29, 1.82) is 0 Å². The van der Waals surface area contributed by atoms with E-state index in [1.807, 2.05) is 56.3 Å². The molecule has 13 nitrogen and oxygen atoms in total. The van der Waals surface area contributed by atoms with E-state index in [0.29, 0.717) is 30.8 Å². The van der Waals surface area contributed by atoms with Gasteiger partial charge in [-0.15, -0.1) is 22.7 Å². The molecule has 5 heterocycles. The maximum absolute atomic E-state index is 14.1. The number of benzene rings is 2. The maximum Gasteiger partial charge on any atom is 0.323 e. The number of hydrogen-bond acceptors (Lipinski definition) is 13. The van der Waals surface area contributed by atoms with Gasteiger partial charge in [0.1, 0.15) is 40.9 Å².